The molecule has 0 aliphatic heterocycles. The van der Waals surface area contributed by atoms with Gasteiger partial charge < -0.3 is 5.73 Å². The van der Waals surface area contributed by atoms with Crippen LogP contribution < -0.4 is 5.73 Å². The van der Waals surface area contributed by atoms with E-state index in [1.807, 2.05) is 4.68 Å². The zero-order valence-corrected chi connectivity index (χ0v) is 13.6. The summed E-state index contributed by atoms with van der Waals surface area (Å²) in [6, 6.07) is 8.68. The molecule has 4 heteroatoms. The van der Waals surface area contributed by atoms with E-state index < -0.39 is 0 Å². The summed E-state index contributed by atoms with van der Waals surface area (Å²) in [7, 11) is 0. The van der Waals surface area contributed by atoms with Gasteiger partial charge in [0.2, 0.25) is 0 Å². The molecule has 1 aromatic heterocycles. The Labute approximate surface area is 127 Å². The van der Waals surface area contributed by atoms with Crippen LogP contribution in [0.4, 0.5) is 0 Å². The first-order valence-corrected chi connectivity index (χ1v) is 7.70. The Bertz CT molecular complexity index is 576. The van der Waals surface area contributed by atoms with Gasteiger partial charge in [0.05, 0.1) is 5.69 Å². The SMILES string of the molecule is CCCCn1nnc(CN)c1-c1ccc(C(C)(C)C)cc1. The van der Waals surface area contributed by atoms with Crippen molar-refractivity contribution in [3.05, 3.63) is 35.5 Å². The first-order valence-electron chi connectivity index (χ1n) is 7.70. The van der Waals surface area contributed by atoms with Gasteiger partial charge in [0.25, 0.3) is 0 Å². The maximum atomic E-state index is 5.81. The van der Waals surface area contributed by atoms with Crippen LogP contribution >= 0.6 is 0 Å². The molecule has 4 nitrogen and oxygen atoms in total. The summed E-state index contributed by atoms with van der Waals surface area (Å²) >= 11 is 0. The summed E-state index contributed by atoms with van der Waals surface area (Å²) in [5.74, 6) is 0. The highest BCUT2D eigenvalue weighted by molar-refractivity contribution is 5.62. The monoisotopic (exact) mass is 286 g/mol. The van der Waals surface area contributed by atoms with Crippen LogP contribution in [0.5, 0.6) is 0 Å². The molecule has 0 atom stereocenters. The van der Waals surface area contributed by atoms with Crippen LogP contribution in [0.3, 0.4) is 0 Å². The van der Waals surface area contributed by atoms with Crippen LogP contribution in [0.1, 0.15) is 51.8 Å². The molecule has 0 aliphatic rings. The van der Waals surface area contributed by atoms with E-state index in [-0.39, 0.29) is 5.41 Å². The fourth-order valence-corrected chi connectivity index (χ4v) is 2.39. The van der Waals surface area contributed by atoms with E-state index in [9.17, 15) is 0 Å². The summed E-state index contributed by atoms with van der Waals surface area (Å²) in [5, 5.41) is 8.48. The summed E-state index contributed by atoms with van der Waals surface area (Å²) in [6.45, 7) is 10.2. The molecule has 0 unspecified atom stereocenters. The Kier molecular flexibility index (Phi) is 4.78. The first kappa shape index (κ1) is 15.7. The van der Waals surface area contributed by atoms with Gasteiger partial charge in [0.15, 0.2) is 0 Å². The Morgan fingerprint density at radius 3 is 2.33 bits per heavy atom. The van der Waals surface area contributed by atoms with Crippen LogP contribution in [0.15, 0.2) is 24.3 Å². The quantitative estimate of drug-likeness (QED) is 0.915. The second-order valence-corrected chi connectivity index (χ2v) is 6.49. The van der Waals surface area contributed by atoms with Gasteiger partial charge in [-0.15, -0.1) is 5.10 Å². The van der Waals surface area contributed by atoms with E-state index in [1.54, 1.807) is 0 Å². The van der Waals surface area contributed by atoms with Crippen molar-refractivity contribution in [2.24, 2.45) is 5.73 Å². The number of hydrogen-bond acceptors (Lipinski definition) is 3. The van der Waals surface area contributed by atoms with Gasteiger partial charge in [-0.2, -0.15) is 0 Å². The van der Waals surface area contributed by atoms with Crippen LogP contribution in [0, 0.1) is 0 Å². The molecule has 21 heavy (non-hydrogen) atoms. The van der Waals surface area contributed by atoms with Gasteiger partial charge in [-0.25, -0.2) is 4.68 Å². The number of aryl methyl sites for hydroxylation is 1. The maximum absolute atomic E-state index is 5.81. The predicted molar refractivity (Wildman–Crippen MR) is 87.0 cm³/mol. The lowest BCUT2D eigenvalue weighted by Gasteiger charge is -2.19. The van der Waals surface area contributed by atoms with Crippen molar-refractivity contribution in [1.29, 1.82) is 0 Å². The molecule has 0 aliphatic carbocycles. The van der Waals surface area contributed by atoms with Crippen LogP contribution in [-0.4, -0.2) is 15.0 Å². The second-order valence-electron chi connectivity index (χ2n) is 6.49. The van der Waals surface area contributed by atoms with Crippen molar-refractivity contribution >= 4 is 0 Å². The Hall–Kier alpha value is -1.68. The Morgan fingerprint density at radius 1 is 1.14 bits per heavy atom. The fraction of sp³-hybridized carbons (Fsp3) is 0.529. The topological polar surface area (TPSA) is 56.7 Å². The number of nitrogens with two attached hydrogens (primary N) is 1. The predicted octanol–water partition coefficient (Wildman–Crippen LogP) is 3.50. The highest BCUT2D eigenvalue weighted by Crippen LogP contribution is 2.27. The first-order chi connectivity index (χ1) is 9.97. The van der Waals surface area contributed by atoms with Gasteiger partial charge in [0.1, 0.15) is 5.69 Å². The average Bonchev–Trinajstić information content (AvgIpc) is 2.87. The fourth-order valence-electron chi connectivity index (χ4n) is 2.39. The summed E-state index contributed by atoms with van der Waals surface area (Å²) in [5.41, 5.74) is 10.4. The maximum Gasteiger partial charge on any atom is 0.104 e. The van der Waals surface area contributed by atoms with E-state index >= 15 is 0 Å². The molecule has 0 amide bonds. The van der Waals surface area contributed by atoms with E-state index in [4.69, 9.17) is 5.73 Å². The van der Waals surface area contributed by atoms with Crippen molar-refractivity contribution in [2.45, 2.75) is 59.0 Å². The molecular weight excluding hydrogens is 260 g/mol. The Balaban J connectivity index is 2.38. The molecule has 0 radical (unpaired) electrons. The minimum absolute atomic E-state index is 0.163. The van der Waals surface area contributed by atoms with Crippen LogP contribution in [-0.2, 0) is 18.5 Å². The number of hydrogen-bond donors (Lipinski definition) is 1. The zero-order chi connectivity index (χ0) is 15.5. The summed E-state index contributed by atoms with van der Waals surface area (Å²) < 4.78 is 1.98. The van der Waals surface area contributed by atoms with Crippen molar-refractivity contribution in [2.75, 3.05) is 0 Å². The zero-order valence-electron chi connectivity index (χ0n) is 13.6. The largest absolute Gasteiger partial charge is 0.325 e. The lowest BCUT2D eigenvalue weighted by atomic mass is 9.86. The molecule has 114 valence electrons. The number of benzene rings is 1. The molecule has 0 spiro atoms. The lowest BCUT2D eigenvalue weighted by Crippen LogP contribution is -2.11. The average molecular weight is 286 g/mol. The normalized spacial score (nSPS) is 11.9. The van der Waals surface area contributed by atoms with Crippen molar-refractivity contribution in [3.8, 4) is 11.3 Å². The van der Waals surface area contributed by atoms with Gasteiger partial charge in [-0.1, -0.05) is 63.6 Å². The molecule has 2 N–H and O–H groups in total. The third-order valence-electron chi connectivity index (χ3n) is 3.75. The van der Waals surface area contributed by atoms with Crippen LogP contribution in [0.2, 0.25) is 0 Å². The third-order valence-corrected chi connectivity index (χ3v) is 3.75. The molecule has 0 fully saturated rings. The van der Waals surface area contributed by atoms with Gasteiger partial charge in [-0.05, 0) is 17.4 Å². The molecule has 0 saturated heterocycles. The third kappa shape index (κ3) is 3.50. The standard InChI is InChI=1S/C17H26N4/c1-5-6-11-21-16(15(12-18)19-20-21)13-7-9-14(10-8-13)17(2,3)4/h7-10H,5-6,11-12,18H2,1-4H3. The number of rotatable bonds is 5. The minimum Gasteiger partial charge on any atom is -0.325 e. The molecule has 1 aromatic carbocycles. The van der Waals surface area contributed by atoms with Gasteiger partial charge >= 0.3 is 0 Å². The highest BCUT2D eigenvalue weighted by atomic mass is 15.4. The molecular formula is C17H26N4. The minimum atomic E-state index is 0.163. The Morgan fingerprint density at radius 2 is 1.81 bits per heavy atom. The van der Waals surface area contributed by atoms with Crippen molar-refractivity contribution < 1.29 is 0 Å². The summed E-state index contributed by atoms with van der Waals surface area (Å²) in [4.78, 5) is 0. The smallest absolute Gasteiger partial charge is 0.104 e. The number of aromatic nitrogens is 3. The van der Waals surface area contributed by atoms with Crippen LogP contribution in [0.25, 0.3) is 11.3 Å². The number of nitrogens with zero attached hydrogens (tertiary/aromatic N) is 3. The van der Waals surface area contributed by atoms with Crippen molar-refractivity contribution in [3.63, 3.8) is 0 Å². The van der Waals surface area contributed by atoms with E-state index in [0.29, 0.717) is 6.54 Å². The second kappa shape index (κ2) is 6.39. The molecule has 0 saturated carbocycles. The van der Waals surface area contributed by atoms with Gasteiger partial charge in [0, 0.05) is 18.7 Å². The van der Waals surface area contributed by atoms with E-state index in [2.05, 4.69) is 62.3 Å². The molecule has 0 bridgehead atoms. The summed E-state index contributed by atoms with van der Waals surface area (Å²) in [6.07, 6.45) is 2.24. The number of unbranched alkanes of at least 4 members (excludes halogenated alkanes) is 1. The van der Waals surface area contributed by atoms with E-state index in [1.165, 1.54) is 5.56 Å². The van der Waals surface area contributed by atoms with Gasteiger partial charge in [-0.3, -0.25) is 0 Å². The molecule has 1 heterocycles. The van der Waals surface area contributed by atoms with Crippen molar-refractivity contribution in [1.82, 2.24) is 15.0 Å². The highest BCUT2D eigenvalue weighted by Gasteiger charge is 2.16. The van der Waals surface area contributed by atoms with E-state index in [0.717, 1.165) is 36.3 Å². The lowest BCUT2D eigenvalue weighted by molar-refractivity contribution is 0.557. The molecule has 2 rings (SSSR count). The molecule has 2 aromatic rings.